The fraction of sp³-hybridized carbons (Fsp3) is 0.357. The quantitative estimate of drug-likeness (QED) is 0.866. The van der Waals surface area contributed by atoms with E-state index in [1.807, 2.05) is 27.7 Å². The van der Waals surface area contributed by atoms with Crippen LogP contribution in [0.5, 0.6) is 5.75 Å². The first-order valence-corrected chi connectivity index (χ1v) is 6.20. The third-order valence-corrected chi connectivity index (χ3v) is 3.26. The van der Waals surface area contributed by atoms with Crippen LogP contribution in [0.4, 0.5) is 10.1 Å². The van der Waals surface area contributed by atoms with Gasteiger partial charge in [-0.1, -0.05) is 0 Å². The number of aromatic nitrogens is 2. The molecule has 4 nitrogen and oxygen atoms in total. The van der Waals surface area contributed by atoms with Gasteiger partial charge in [0.1, 0.15) is 0 Å². The van der Waals surface area contributed by atoms with Gasteiger partial charge in [0, 0.05) is 17.8 Å². The minimum absolute atomic E-state index is 0.192. The Balaban J connectivity index is 2.61. The second kappa shape index (κ2) is 4.91. The molecule has 0 fully saturated rings. The number of nitrogens with zero attached hydrogens (tertiary/aromatic N) is 2. The topological polar surface area (TPSA) is 53.1 Å². The van der Waals surface area contributed by atoms with Crippen LogP contribution in [0.2, 0.25) is 0 Å². The Hall–Kier alpha value is -2.04. The van der Waals surface area contributed by atoms with Crippen molar-refractivity contribution in [1.82, 2.24) is 9.78 Å². The summed E-state index contributed by atoms with van der Waals surface area (Å²) in [6.45, 7) is 8.09. The molecule has 0 amide bonds. The molecule has 0 spiro atoms. The molecule has 0 saturated heterocycles. The second-order valence-corrected chi connectivity index (χ2v) is 4.48. The van der Waals surface area contributed by atoms with Gasteiger partial charge in [0.05, 0.1) is 23.7 Å². The highest BCUT2D eigenvalue weighted by molar-refractivity contribution is 5.61. The molecular formula is C14H18FN3O. The summed E-state index contributed by atoms with van der Waals surface area (Å²) in [4.78, 5) is 0. The number of nitrogens with two attached hydrogens (primary N) is 1. The predicted octanol–water partition coefficient (Wildman–Crippen LogP) is 2.92. The lowest BCUT2D eigenvalue weighted by atomic mass is 10.2. The van der Waals surface area contributed by atoms with Crippen LogP contribution in [0.1, 0.15) is 23.9 Å². The third kappa shape index (κ3) is 2.28. The minimum atomic E-state index is -0.457. The Kier molecular flexibility index (Phi) is 3.46. The van der Waals surface area contributed by atoms with Gasteiger partial charge in [-0.05, 0) is 33.3 Å². The molecule has 1 aromatic carbocycles. The molecule has 0 saturated carbocycles. The van der Waals surface area contributed by atoms with Gasteiger partial charge in [-0.15, -0.1) is 0 Å². The van der Waals surface area contributed by atoms with Crippen LogP contribution in [-0.2, 0) is 0 Å². The summed E-state index contributed by atoms with van der Waals surface area (Å²) in [6, 6.07) is 2.86. The van der Waals surface area contributed by atoms with Gasteiger partial charge in [0.25, 0.3) is 0 Å². The fourth-order valence-corrected chi connectivity index (χ4v) is 1.96. The lowest BCUT2D eigenvalue weighted by Crippen LogP contribution is -2.06. The summed E-state index contributed by atoms with van der Waals surface area (Å²) in [5, 5.41) is 4.43. The minimum Gasteiger partial charge on any atom is -0.491 e. The molecule has 0 bridgehead atoms. The van der Waals surface area contributed by atoms with Crippen LogP contribution in [0.15, 0.2) is 12.1 Å². The summed E-state index contributed by atoms with van der Waals surface area (Å²) in [5.74, 6) is -0.266. The number of nitrogen functional groups attached to an aromatic ring is 1. The van der Waals surface area contributed by atoms with E-state index >= 15 is 0 Å². The lowest BCUT2D eigenvalue weighted by Gasteiger charge is -2.12. The molecule has 0 aliphatic rings. The van der Waals surface area contributed by atoms with Crippen molar-refractivity contribution in [2.75, 3.05) is 12.3 Å². The molecule has 0 unspecified atom stereocenters. The molecule has 102 valence electrons. The van der Waals surface area contributed by atoms with Crippen molar-refractivity contribution < 1.29 is 9.13 Å². The van der Waals surface area contributed by atoms with E-state index < -0.39 is 5.82 Å². The van der Waals surface area contributed by atoms with Crippen molar-refractivity contribution >= 4 is 5.69 Å². The molecule has 1 aromatic heterocycles. The lowest BCUT2D eigenvalue weighted by molar-refractivity contribution is 0.321. The first-order valence-electron chi connectivity index (χ1n) is 6.20. The molecule has 5 heteroatoms. The first kappa shape index (κ1) is 13.4. The summed E-state index contributed by atoms with van der Waals surface area (Å²) in [5.41, 5.74) is 9.88. The molecule has 0 aliphatic carbocycles. The zero-order valence-corrected chi connectivity index (χ0v) is 11.6. The van der Waals surface area contributed by atoms with E-state index in [-0.39, 0.29) is 5.75 Å². The van der Waals surface area contributed by atoms with E-state index in [4.69, 9.17) is 10.5 Å². The van der Waals surface area contributed by atoms with Gasteiger partial charge in [0.15, 0.2) is 11.6 Å². The van der Waals surface area contributed by atoms with Crippen molar-refractivity contribution in [2.45, 2.75) is 27.7 Å². The number of aryl methyl sites for hydroxylation is 1. The monoisotopic (exact) mass is 263 g/mol. The molecule has 0 atom stereocenters. The highest BCUT2D eigenvalue weighted by Gasteiger charge is 2.15. The van der Waals surface area contributed by atoms with E-state index in [0.717, 1.165) is 17.0 Å². The smallest absolute Gasteiger partial charge is 0.167 e. The molecule has 0 radical (unpaired) electrons. The first-order chi connectivity index (χ1) is 8.95. The molecule has 2 rings (SSSR count). The summed E-state index contributed by atoms with van der Waals surface area (Å²) in [6.07, 6.45) is 0. The Labute approximate surface area is 112 Å². The fourth-order valence-electron chi connectivity index (χ4n) is 1.96. The van der Waals surface area contributed by atoms with Gasteiger partial charge in [0.2, 0.25) is 0 Å². The SMILES string of the molecule is CCOc1cc(-n2nc(C)c(C)c2C)c(N)cc1F. The summed E-state index contributed by atoms with van der Waals surface area (Å²) >= 11 is 0. The average Bonchev–Trinajstić information content (AvgIpc) is 2.61. The maximum absolute atomic E-state index is 13.7. The van der Waals surface area contributed by atoms with E-state index in [1.54, 1.807) is 10.7 Å². The third-order valence-electron chi connectivity index (χ3n) is 3.26. The van der Waals surface area contributed by atoms with Gasteiger partial charge in [-0.25, -0.2) is 9.07 Å². The van der Waals surface area contributed by atoms with Crippen LogP contribution >= 0.6 is 0 Å². The Bertz CT molecular complexity index is 620. The van der Waals surface area contributed by atoms with E-state index in [1.165, 1.54) is 6.07 Å². The molecule has 2 N–H and O–H groups in total. The summed E-state index contributed by atoms with van der Waals surface area (Å²) in [7, 11) is 0. The average molecular weight is 263 g/mol. The van der Waals surface area contributed by atoms with Gasteiger partial charge < -0.3 is 10.5 Å². The Morgan fingerprint density at radius 3 is 2.53 bits per heavy atom. The number of halogens is 1. The van der Waals surface area contributed by atoms with Gasteiger partial charge >= 0.3 is 0 Å². The number of hydrogen-bond acceptors (Lipinski definition) is 3. The second-order valence-electron chi connectivity index (χ2n) is 4.48. The Morgan fingerprint density at radius 2 is 2.00 bits per heavy atom. The maximum atomic E-state index is 13.7. The number of anilines is 1. The largest absolute Gasteiger partial charge is 0.491 e. The molecule has 0 aliphatic heterocycles. The van der Waals surface area contributed by atoms with E-state index in [9.17, 15) is 4.39 Å². The predicted molar refractivity (Wildman–Crippen MR) is 73.3 cm³/mol. The van der Waals surface area contributed by atoms with Crippen LogP contribution in [0.25, 0.3) is 5.69 Å². The van der Waals surface area contributed by atoms with E-state index in [2.05, 4.69) is 5.10 Å². The maximum Gasteiger partial charge on any atom is 0.167 e. The molecule has 2 aromatic rings. The van der Waals surface area contributed by atoms with Crippen molar-refractivity contribution in [3.8, 4) is 11.4 Å². The highest BCUT2D eigenvalue weighted by Crippen LogP contribution is 2.28. The zero-order valence-electron chi connectivity index (χ0n) is 11.6. The standard InChI is InChI=1S/C14H18FN3O/c1-5-19-14-7-13(12(16)6-11(14)15)18-10(4)8(2)9(3)17-18/h6-7H,5,16H2,1-4H3. The van der Waals surface area contributed by atoms with Crippen LogP contribution in [-0.4, -0.2) is 16.4 Å². The summed E-state index contributed by atoms with van der Waals surface area (Å²) < 4.78 is 20.7. The van der Waals surface area contributed by atoms with Crippen molar-refractivity contribution in [3.63, 3.8) is 0 Å². The van der Waals surface area contributed by atoms with Crippen molar-refractivity contribution in [2.24, 2.45) is 0 Å². The Morgan fingerprint density at radius 1 is 1.32 bits per heavy atom. The number of rotatable bonds is 3. The normalized spacial score (nSPS) is 10.8. The van der Waals surface area contributed by atoms with Gasteiger partial charge in [-0.3, -0.25) is 0 Å². The van der Waals surface area contributed by atoms with Crippen LogP contribution in [0, 0.1) is 26.6 Å². The van der Waals surface area contributed by atoms with Crippen molar-refractivity contribution in [3.05, 3.63) is 34.9 Å². The highest BCUT2D eigenvalue weighted by atomic mass is 19.1. The number of ether oxygens (including phenoxy) is 1. The number of hydrogen-bond donors (Lipinski definition) is 1. The van der Waals surface area contributed by atoms with Crippen LogP contribution in [0.3, 0.4) is 0 Å². The van der Waals surface area contributed by atoms with E-state index in [0.29, 0.717) is 18.0 Å². The van der Waals surface area contributed by atoms with Crippen molar-refractivity contribution in [1.29, 1.82) is 0 Å². The molecule has 1 heterocycles. The number of benzene rings is 1. The molecule has 19 heavy (non-hydrogen) atoms. The zero-order chi connectivity index (χ0) is 14.2. The van der Waals surface area contributed by atoms with Gasteiger partial charge in [-0.2, -0.15) is 5.10 Å². The van der Waals surface area contributed by atoms with Crippen LogP contribution < -0.4 is 10.5 Å². The molecular weight excluding hydrogens is 245 g/mol.